The molecule has 2 amide bonds. The van der Waals surface area contributed by atoms with Crippen molar-refractivity contribution in [3.8, 4) is 11.5 Å². The van der Waals surface area contributed by atoms with Gasteiger partial charge in [-0.3, -0.25) is 5.32 Å². The van der Waals surface area contributed by atoms with Gasteiger partial charge < -0.3 is 14.5 Å². The molecule has 0 radical (unpaired) electrons. The normalized spacial score (nSPS) is 11.1. The SMILES string of the molecule is Cc1ccc(Oc2ccc(NC(=O)Nc3nc(C(C)(C)C)co3)cc2)cc1. The molecule has 0 aliphatic carbocycles. The van der Waals surface area contributed by atoms with Crippen LogP contribution in [0.3, 0.4) is 0 Å². The lowest BCUT2D eigenvalue weighted by atomic mass is 9.93. The van der Waals surface area contributed by atoms with Gasteiger partial charge in [-0.25, -0.2) is 4.79 Å². The summed E-state index contributed by atoms with van der Waals surface area (Å²) in [6.45, 7) is 8.09. The van der Waals surface area contributed by atoms with E-state index >= 15 is 0 Å². The van der Waals surface area contributed by atoms with Crippen LogP contribution in [0.1, 0.15) is 32.0 Å². The fraction of sp³-hybridized carbons (Fsp3) is 0.238. The smallest absolute Gasteiger partial charge is 0.327 e. The van der Waals surface area contributed by atoms with E-state index in [9.17, 15) is 4.79 Å². The molecule has 27 heavy (non-hydrogen) atoms. The maximum Gasteiger partial charge on any atom is 0.327 e. The van der Waals surface area contributed by atoms with Crippen molar-refractivity contribution < 1.29 is 13.9 Å². The van der Waals surface area contributed by atoms with E-state index < -0.39 is 6.03 Å². The van der Waals surface area contributed by atoms with Crippen LogP contribution in [-0.4, -0.2) is 11.0 Å². The predicted molar refractivity (Wildman–Crippen MR) is 106 cm³/mol. The number of amides is 2. The third-order valence-corrected chi connectivity index (χ3v) is 3.86. The van der Waals surface area contributed by atoms with Gasteiger partial charge in [0, 0.05) is 11.1 Å². The Hall–Kier alpha value is -3.28. The minimum absolute atomic E-state index is 0.146. The van der Waals surface area contributed by atoms with Crippen molar-refractivity contribution in [2.75, 3.05) is 10.6 Å². The number of oxazole rings is 1. The summed E-state index contributed by atoms with van der Waals surface area (Å²) in [4.78, 5) is 16.4. The zero-order valence-corrected chi connectivity index (χ0v) is 15.9. The Morgan fingerprint density at radius 1 is 0.963 bits per heavy atom. The predicted octanol–water partition coefficient (Wildman–Crippen LogP) is 5.72. The summed E-state index contributed by atoms with van der Waals surface area (Å²) in [5.41, 5.74) is 2.43. The number of nitrogens with one attached hydrogen (secondary N) is 2. The van der Waals surface area contributed by atoms with Gasteiger partial charge >= 0.3 is 12.0 Å². The van der Waals surface area contributed by atoms with Crippen LogP contribution in [0.15, 0.2) is 59.2 Å². The zero-order valence-electron chi connectivity index (χ0n) is 15.9. The monoisotopic (exact) mass is 365 g/mol. The first-order chi connectivity index (χ1) is 12.8. The quantitative estimate of drug-likeness (QED) is 0.620. The van der Waals surface area contributed by atoms with E-state index in [0.717, 1.165) is 11.4 Å². The van der Waals surface area contributed by atoms with E-state index in [1.54, 1.807) is 30.5 Å². The number of aromatic nitrogens is 1. The molecule has 0 aliphatic rings. The Bertz CT molecular complexity index is 907. The van der Waals surface area contributed by atoms with Gasteiger partial charge in [-0.15, -0.1) is 0 Å². The van der Waals surface area contributed by atoms with Crippen LogP contribution in [0.4, 0.5) is 16.5 Å². The molecule has 3 aromatic rings. The lowest BCUT2D eigenvalue weighted by Gasteiger charge is -2.12. The van der Waals surface area contributed by atoms with Crippen LogP contribution in [0.25, 0.3) is 0 Å². The summed E-state index contributed by atoms with van der Waals surface area (Å²) in [5, 5.41) is 5.31. The minimum atomic E-state index is -0.426. The van der Waals surface area contributed by atoms with Gasteiger partial charge in [0.05, 0.1) is 5.69 Å². The Morgan fingerprint density at radius 2 is 1.56 bits per heavy atom. The van der Waals surface area contributed by atoms with Crippen molar-refractivity contribution in [3.05, 3.63) is 66.1 Å². The first-order valence-electron chi connectivity index (χ1n) is 8.68. The fourth-order valence-corrected chi connectivity index (χ4v) is 2.28. The van der Waals surface area contributed by atoms with Crippen LogP contribution in [0.2, 0.25) is 0 Å². The molecular formula is C21H23N3O3. The number of aryl methyl sites for hydroxylation is 1. The molecule has 3 rings (SSSR count). The number of rotatable bonds is 4. The molecule has 0 saturated heterocycles. The molecule has 0 unspecified atom stereocenters. The van der Waals surface area contributed by atoms with Crippen LogP contribution in [-0.2, 0) is 5.41 Å². The van der Waals surface area contributed by atoms with Gasteiger partial charge in [-0.1, -0.05) is 38.5 Å². The first kappa shape index (κ1) is 18.5. The van der Waals surface area contributed by atoms with Crippen molar-refractivity contribution in [3.63, 3.8) is 0 Å². The molecule has 0 bridgehead atoms. The third-order valence-electron chi connectivity index (χ3n) is 3.86. The Morgan fingerprint density at radius 3 is 2.11 bits per heavy atom. The summed E-state index contributed by atoms with van der Waals surface area (Å²) < 4.78 is 11.1. The fourth-order valence-electron chi connectivity index (χ4n) is 2.28. The zero-order chi connectivity index (χ0) is 19.4. The second-order valence-corrected chi connectivity index (χ2v) is 7.31. The van der Waals surface area contributed by atoms with Crippen LogP contribution < -0.4 is 15.4 Å². The summed E-state index contributed by atoms with van der Waals surface area (Å²) >= 11 is 0. The van der Waals surface area contributed by atoms with Gasteiger partial charge in [-0.2, -0.15) is 4.98 Å². The highest BCUT2D eigenvalue weighted by Crippen LogP contribution is 2.24. The second-order valence-electron chi connectivity index (χ2n) is 7.31. The van der Waals surface area contributed by atoms with E-state index in [1.165, 1.54) is 5.56 Å². The number of hydrogen-bond acceptors (Lipinski definition) is 4. The van der Waals surface area contributed by atoms with Crippen molar-refractivity contribution >= 4 is 17.7 Å². The van der Waals surface area contributed by atoms with Crippen molar-refractivity contribution in [1.82, 2.24) is 4.98 Å². The molecule has 0 atom stereocenters. The van der Waals surface area contributed by atoms with E-state index in [4.69, 9.17) is 9.15 Å². The number of nitrogens with zero attached hydrogens (tertiary/aromatic N) is 1. The summed E-state index contributed by atoms with van der Waals surface area (Å²) in [6, 6.07) is 14.7. The maximum atomic E-state index is 12.1. The average Bonchev–Trinajstić information content (AvgIpc) is 3.07. The highest BCUT2D eigenvalue weighted by atomic mass is 16.5. The van der Waals surface area contributed by atoms with Crippen LogP contribution in [0, 0.1) is 6.92 Å². The van der Waals surface area contributed by atoms with Gasteiger partial charge in [0.15, 0.2) is 0 Å². The van der Waals surface area contributed by atoms with Crippen molar-refractivity contribution in [2.45, 2.75) is 33.1 Å². The Kier molecular flexibility index (Phi) is 5.16. The number of anilines is 2. The minimum Gasteiger partial charge on any atom is -0.457 e. The first-order valence-corrected chi connectivity index (χ1v) is 8.68. The number of urea groups is 1. The number of carbonyl (C=O) groups is 1. The van der Waals surface area contributed by atoms with Gasteiger partial charge in [-0.05, 0) is 43.3 Å². The maximum absolute atomic E-state index is 12.1. The van der Waals surface area contributed by atoms with Crippen LogP contribution >= 0.6 is 0 Å². The molecular weight excluding hydrogens is 342 g/mol. The average molecular weight is 365 g/mol. The Balaban J connectivity index is 1.56. The molecule has 2 aromatic carbocycles. The Labute approximate surface area is 158 Å². The summed E-state index contributed by atoms with van der Waals surface area (Å²) in [6.07, 6.45) is 1.55. The van der Waals surface area contributed by atoms with E-state index in [1.807, 2.05) is 52.0 Å². The molecule has 0 fully saturated rings. The largest absolute Gasteiger partial charge is 0.457 e. The summed E-state index contributed by atoms with van der Waals surface area (Å²) in [5.74, 6) is 1.45. The molecule has 140 valence electrons. The van der Waals surface area contributed by atoms with Gasteiger partial charge in [0.2, 0.25) is 0 Å². The number of hydrogen-bond donors (Lipinski definition) is 2. The molecule has 0 aliphatic heterocycles. The van der Waals surface area contributed by atoms with E-state index in [2.05, 4.69) is 15.6 Å². The van der Waals surface area contributed by atoms with Gasteiger partial charge in [0.1, 0.15) is 17.8 Å². The van der Waals surface area contributed by atoms with Gasteiger partial charge in [0.25, 0.3) is 0 Å². The lowest BCUT2D eigenvalue weighted by Crippen LogP contribution is -2.20. The second kappa shape index (κ2) is 7.53. The molecule has 6 heteroatoms. The van der Waals surface area contributed by atoms with Crippen LogP contribution in [0.5, 0.6) is 11.5 Å². The molecule has 1 heterocycles. The number of carbonyl (C=O) groups excluding carboxylic acids is 1. The molecule has 0 saturated carbocycles. The van der Waals surface area contributed by atoms with E-state index in [-0.39, 0.29) is 11.4 Å². The lowest BCUT2D eigenvalue weighted by molar-refractivity contribution is 0.261. The molecule has 0 spiro atoms. The standard InChI is InChI=1S/C21H23N3O3/c1-14-5-9-16(10-6-14)27-17-11-7-15(8-12-17)22-19(25)24-20-23-18(13-26-20)21(2,3)4/h5-13H,1-4H3,(H2,22,23,24,25). The molecule has 1 aromatic heterocycles. The molecule has 6 nitrogen and oxygen atoms in total. The topological polar surface area (TPSA) is 76.4 Å². The number of ether oxygens (including phenoxy) is 1. The summed E-state index contributed by atoms with van der Waals surface area (Å²) in [7, 11) is 0. The third kappa shape index (κ3) is 5.10. The van der Waals surface area contributed by atoms with Crippen molar-refractivity contribution in [2.24, 2.45) is 0 Å². The molecule has 2 N–H and O–H groups in total. The highest BCUT2D eigenvalue weighted by molar-refractivity contribution is 5.98. The van der Waals surface area contributed by atoms with Crippen molar-refractivity contribution in [1.29, 1.82) is 0 Å². The number of benzene rings is 2. The van der Waals surface area contributed by atoms with E-state index in [0.29, 0.717) is 11.4 Å². The highest BCUT2D eigenvalue weighted by Gasteiger charge is 2.19.